The van der Waals surface area contributed by atoms with Gasteiger partial charge in [0.15, 0.2) is 0 Å². The van der Waals surface area contributed by atoms with Gasteiger partial charge in [0.25, 0.3) is 0 Å². The van der Waals surface area contributed by atoms with Crippen LogP contribution in [0, 0.1) is 0 Å². The first-order chi connectivity index (χ1) is 7.58. The number of nitrogens with one attached hydrogen (secondary N) is 2. The van der Waals surface area contributed by atoms with Crippen molar-refractivity contribution in [3.63, 3.8) is 0 Å². The van der Waals surface area contributed by atoms with Crippen molar-refractivity contribution >= 4 is 29.1 Å². The van der Waals surface area contributed by atoms with Crippen molar-refractivity contribution in [2.24, 2.45) is 0 Å². The minimum Gasteiger partial charge on any atom is -0.337 e. The van der Waals surface area contributed by atoms with E-state index >= 15 is 0 Å². The summed E-state index contributed by atoms with van der Waals surface area (Å²) in [7, 11) is 0. The van der Waals surface area contributed by atoms with Gasteiger partial charge in [-0.05, 0) is 25.1 Å². The Morgan fingerprint density at radius 2 is 2.12 bits per heavy atom. The molecule has 0 aliphatic rings. The van der Waals surface area contributed by atoms with Crippen LogP contribution in [0.1, 0.15) is 13.3 Å². The van der Waals surface area contributed by atoms with Gasteiger partial charge >= 0.3 is 6.03 Å². The van der Waals surface area contributed by atoms with Crippen LogP contribution in [0.15, 0.2) is 24.3 Å². The van der Waals surface area contributed by atoms with Gasteiger partial charge in [0.1, 0.15) is 5.78 Å². The fourth-order valence-corrected chi connectivity index (χ4v) is 1.28. The number of urea groups is 1. The molecule has 1 aromatic carbocycles. The molecule has 1 aromatic rings. The topological polar surface area (TPSA) is 58.2 Å². The molecule has 0 saturated heterocycles. The van der Waals surface area contributed by atoms with Gasteiger partial charge in [-0.25, -0.2) is 4.79 Å². The van der Waals surface area contributed by atoms with Gasteiger partial charge < -0.3 is 10.6 Å². The van der Waals surface area contributed by atoms with E-state index in [1.165, 1.54) is 6.92 Å². The van der Waals surface area contributed by atoms with Crippen LogP contribution in [0.25, 0.3) is 0 Å². The summed E-state index contributed by atoms with van der Waals surface area (Å²) in [5, 5.41) is 5.74. The maximum absolute atomic E-state index is 11.3. The van der Waals surface area contributed by atoms with Crippen LogP contribution in [0.2, 0.25) is 5.02 Å². The van der Waals surface area contributed by atoms with E-state index in [-0.39, 0.29) is 11.8 Å². The van der Waals surface area contributed by atoms with Crippen molar-refractivity contribution in [3.05, 3.63) is 29.3 Å². The molecule has 0 heterocycles. The second-order valence-corrected chi connectivity index (χ2v) is 3.78. The summed E-state index contributed by atoms with van der Waals surface area (Å²) >= 11 is 5.76. The second kappa shape index (κ2) is 6.12. The molecule has 0 radical (unpaired) electrons. The van der Waals surface area contributed by atoms with Gasteiger partial charge in [0.2, 0.25) is 0 Å². The van der Waals surface area contributed by atoms with E-state index in [2.05, 4.69) is 10.6 Å². The van der Waals surface area contributed by atoms with E-state index in [1.807, 2.05) is 0 Å². The normalized spacial score (nSPS) is 9.62. The molecule has 2 N–H and O–H groups in total. The maximum Gasteiger partial charge on any atom is 0.319 e. The molecule has 0 bridgehead atoms. The fourth-order valence-electron chi connectivity index (χ4n) is 1.09. The number of benzene rings is 1. The molecule has 0 aliphatic carbocycles. The molecule has 5 heteroatoms. The van der Waals surface area contributed by atoms with Crippen molar-refractivity contribution in [2.75, 3.05) is 11.9 Å². The largest absolute Gasteiger partial charge is 0.337 e. The molecule has 0 fully saturated rings. The molecule has 0 unspecified atom stereocenters. The number of Topliss-reactive ketones (excluding diaryl/α,β-unsaturated/α-hetero) is 1. The highest BCUT2D eigenvalue weighted by Gasteiger charge is 2.01. The van der Waals surface area contributed by atoms with E-state index in [4.69, 9.17) is 11.6 Å². The molecule has 0 saturated carbocycles. The number of hydrogen-bond acceptors (Lipinski definition) is 2. The van der Waals surface area contributed by atoms with Crippen LogP contribution in [0.3, 0.4) is 0 Å². The summed E-state index contributed by atoms with van der Waals surface area (Å²) in [6.07, 6.45) is 0.336. The third-order valence-corrected chi connectivity index (χ3v) is 2.08. The Hall–Kier alpha value is -1.55. The van der Waals surface area contributed by atoms with Crippen molar-refractivity contribution in [3.8, 4) is 0 Å². The zero-order valence-corrected chi connectivity index (χ0v) is 9.67. The zero-order valence-electron chi connectivity index (χ0n) is 8.92. The minimum atomic E-state index is -0.344. The summed E-state index contributed by atoms with van der Waals surface area (Å²) < 4.78 is 0. The number of amides is 2. The summed E-state index contributed by atoms with van der Waals surface area (Å²) in [6.45, 7) is 1.82. The first-order valence-electron chi connectivity index (χ1n) is 4.88. The van der Waals surface area contributed by atoms with Gasteiger partial charge in [0, 0.05) is 23.7 Å². The number of carbonyl (C=O) groups is 2. The minimum absolute atomic E-state index is 0.0445. The van der Waals surface area contributed by atoms with Gasteiger partial charge in [-0.15, -0.1) is 0 Å². The standard InChI is InChI=1S/C11H13ClN2O2/c1-8(15)5-6-13-11(16)14-10-4-2-3-9(12)7-10/h2-4,7H,5-6H2,1H3,(H2,13,14,16). The lowest BCUT2D eigenvalue weighted by atomic mass is 10.3. The lowest BCUT2D eigenvalue weighted by Gasteiger charge is -2.06. The number of halogens is 1. The lowest BCUT2D eigenvalue weighted by molar-refractivity contribution is -0.116. The van der Waals surface area contributed by atoms with Gasteiger partial charge in [0.05, 0.1) is 0 Å². The Bertz CT molecular complexity index is 393. The Labute approximate surface area is 99.0 Å². The zero-order chi connectivity index (χ0) is 12.0. The molecular weight excluding hydrogens is 228 g/mol. The first-order valence-corrected chi connectivity index (χ1v) is 5.25. The van der Waals surface area contributed by atoms with Crippen LogP contribution >= 0.6 is 11.6 Å². The molecular formula is C11H13ClN2O2. The van der Waals surface area contributed by atoms with Crippen LogP contribution < -0.4 is 10.6 Å². The molecule has 86 valence electrons. The number of rotatable bonds is 4. The van der Waals surface area contributed by atoms with Crippen molar-refractivity contribution in [2.45, 2.75) is 13.3 Å². The quantitative estimate of drug-likeness (QED) is 0.849. The maximum atomic E-state index is 11.3. The molecule has 1 rings (SSSR count). The Balaban J connectivity index is 2.37. The van der Waals surface area contributed by atoms with E-state index in [1.54, 1.807) is 24.3 Å². The highest BCUT2D eigenvalue weighted by Crippen LogP contribution is 2.14. The summed E-state index contributed by atoms with van der Waals surface area (Å²) in [5.74, 6) is 0.0445. The number of anilines is 1. The third-order valence-electron chi connectivity index (χ3n) is 1.85. The highest BCUT2D eigenvalue weighted by molar-refractivity contribution is 6.30. The van der Waals surface area contributed by atoms with E-state index in [9.17, 15) is 9.59 Å². The Morgan fingerprint density at radius 3 is 2.75 bits per heavy atom. The van der Waals surface area contributed by atoms with Crippen LogP contribution in [-0.2, 0) is 4.79 Å². The van der Waals surface area contributed by atoms with Crippen molar-refractivity contribution in [1.82, 2.24) is 5.32 Å². The van der Waals surface area contributed by atoms with Crippen LogP contribution in [0.4, 0.5) is 10.5 Å². The summed E-state index contributed by atoms with van der Waals surface area (Å²) in [6, 6.07) is 6.50. The third kappa shape index (κ3) is 4.79. The monoisotopic (exact) mass is 240 g/mol. The van der Waals surface area contributed by atoms with E-state index in [0.717, 1.165) is 0 Å². The molecule has 16 heavy (non-hydrogen) atoms. The van der Waals surface area contributed by atoms with E-state index in [0.29, 0.717) is 23.7 Å². The number of carbonyl (C=O) groups excluding carboxylic acids is 2. The molecule has 0 aliphatic heterocycles. The van der Waals surface area contributed by atoms with Crippen LogP contribution in [-0.4, -0.2) is 18.4 Å². The SMILES string of the molecule is CC(=O)CCNC(=O)Nc1cccc(Cl)c1. The highest BCUT2D eigenvalue weighted by atomic mass is 35.5. The second-order valence-electron chi connectivity index (χ2n) is 3.34. The molecule has 4 nitrogen and oxygen atoms in total. The van der Waals surface area contributed by atoms with Gasteiger partial charge in [-0.1, -0.05) is 17.7 Å². The lowest BCUT2D eigenvalue weighted by Crippen LogP contribution is -2.30. The fraction of sp³-hybridized carbons (Fsp3) is 0.273. The van der Waals surface area contributed by atoms with Gasteiger partial charge in [-0.2, -0.15) is 0 Å². The summed E-state index contributed by atoms with van der Waals surface area (Å²) in [4.78, 5) is 22.0. The summed E-state index contributed by atoms with van der Waals surface area (Å²) in [5.41, 5.74) is 0.618. The number of hydrogen-bond donors (Lipinski definition) is 2. The average Bonchev–Trinajstić information content (AvgIpc) is 2.16. The molecule has 0 atom stereocenters. The van der Waals surface area contributed by atoms with Crippen molar-refractivity contribution < 1.29 is 9.59 Å². The van der Waals surface area contributed by atoms with Crippen molar-refractivity contribution in [1.29, 1.82) is 0 Å². The van der Waals surface area contributed by atoms with Gasteiger partial charge in [-0.3, -0.25) is 4.79 Å². The average molecular weight is 241 g/mol. The van der Waals surface area contributed by atoms with Crippen LogP contribution in [0.5, 0.6) is 0 Å². The smallest absolute Gasteiger partial charge is 0.319 e. The molecule has 2 amide bonds. The Kier molecular flexibility index (Phi) is 4.79. The predicted molar refractivity (Wildman–Crippen MR) is 63.8 cm³/mol. The first kappa shape index (κ1) is 12.5. The van der Waals surface area contributed by atoms with E-state index < -0.39 is 0 Å². The molecule has 0 aromatic heterocycles. The molecule has 0 spiro atoms. The number of ketones is 1. The predicted octanol–water partition coefficient (Wildman–Crippen LogP) is 2.44. The Morgan fingerprint density at radius 1 is 1.38 bits per heavy atom.